The van der Waals surface area contributed by atoms with E-state index in [4.69, 9.17) is 4.98 Å². The highest BCUT2D eigenvalue weighted by Gasteiger charge is 2.38. The van der Waals surface area contributed by atoms with Crippen LogP contribution < -0.4 is 4.57 Å². The van der Waals surface area contributed by atoms with E-state index in [0.717, 1.165) is 104 Å². The van der Waals surface area contributed by atoms with Crippen molar-refractivity contribution in [1.29, 1.82) is 0 Å². The highest BCUT2D eigenvalue weighted by atomic mass is 15.3. The molecule has 4 unspecified atom stereocenters. The summed E-state index contributed by atoms with van der Waals surface area (Å²) >= 11 is 0. The number of benzene rings is 3. The molecule has 0 saturated heterocycles. The Bertz CT molecular complexity index is 3780. The van der Waals surface area contributed by atoms with Crippen LogP contribution in [0.25, 0.3) is 32.7 Å². The molecule has 9 nitrogen and oxygen atoms in total. The van der Waals surface area contributed by atoms with Gasteiger partial charge in [-0.05, 0) is 158 Å². The lowest BCUT2D eigenvalue weighted by molar-refractivity contribution is -0.722. The van der Waals surface area contributed by atoms with E-state index >= 15 is 0 Å². The summed E-state index contributed by atoms with van der Waals surface area (Å²) < 4.78 is 11.0. The summed E-state index contributed by atoms with van der Waals surface area (Å²) in [4.78, 5) is 17.2. The SMILES string of the molecule is Cc1cc2c3c(c1)c1c(n3C(c3ccc(C)[n+](CN4CCc5c(c6cc(C)cc7c6n5C(c5ccncc5)C(C)C7)C4)c3)CC2)CCN(Cc2cnccc2C2CCc3cc(C)cc4c5c(n2c34)CCN(C)C5)C1. The molecule has 0 amide bonds. The summed E-state index contributed by atoms with van der Waals surface area (Å²) in [6.07, 6.45) is 19.6. The second-order valence-corrected chi connectivity index (χ2v) is 23.9. The number of pyridine rings is 3. The van der Waals surface area contributed by atoms with E-state index in [1.54, 1.807) is 28.2 Å². The Kier molecular flexibility index (Phi) is 10.4. The fourth-order valence-corrected chi connectivity index (χ4v) is 15.9. The summed E-state index contributed by atoms with van der Waals surface area (Å²) in [5.41, 5.74) is 29.5. The van der Waals surface area contributed by atoms with Crippen molar-refractivity contribution in [3.05, 3.63) is 193 Å². The van der Waals surface area contributed by atoms with Crippen LogP contribution in [0.15, 0.2) is 97.7 Å². The summed E-state index contributed by atoms with van der Waals surface area (Å²) in [5, 5.41) is 4.44. The molecule has 6 aliphatic rings. The van der Waals surface area contributed by atoms with E-state index in [0.29, 0.717) is 24.0 Å². The topological polar surface area (TPSA) is 54.2 Å². The molecule has 0 saturated carbocycles. The fraction of sp³-hybridized carbons (Fsp3) is 0.400. The van der Waals surface area contributed by atoms with Crippen molar-refractivity contribution in [3.8, 4) is 0 Å². The Morgan fingerprint density at radius 1 is 0.568 bits per heavy atom. The van der Waals surface area contributed by atoms with E-state index in [1.165, 1.54) is 99.6 Å². The fourth-order valence-electron chi connectivity index (χ4n) is 15.9. The number of fused-ring (bicyclic) bond motifs is 9. The van der Waals surface area contributed by atoms with Gasteiger partial charge in [-0.2, -0.15) is 4.57 Å². The van der Waals surface area contributed by atoms with Crippen LogP contribution in [0.2, 0.25) is 0 Å². The third-order valence-electron chi connectivity index (χ3n) is 19.0. The first-order valence-electron chi connectivity index (χ1n) is 28.0. The summed E-state index contributed by atoms with van der Waals surface area (Å²) in [5.74, 6) is 0.516. The van der Waals surface area contributed by atoms with Crippen molar-refractivity contribution in [3.63, 3.8) is 0 Å². The molecule has 74 heavy (non-hydrogen) atoms. The first-order valence-corrected chi connectivity index (χ1v) is 28.0. The molecule has 0 spiro atoms. The monoisotopic (exact) mass is 977 g/mol. The van der Waals surface area contributed by atoms with Gasteiger partial charge in [-0.1, -0.05) is 41.8 Å². The van der Waals surface area contributed by atoms with Gasteiger partial charge in [0.15, 0.2) is 11.9 Å². The zero-order valence-corrected chi connectivity index (χ0v) is 44.4. The molecular weight excluding hydrogens is 907 g/mol. The smallest absolute Gasteiger partial charge is 0.205 e. The van der Waals surface area contributed by atoms with Gasteiger partial charge in [-0.15, -0.1) is 0 Å². The lowest BCUT2D eigenvalue weighted by Crippen LogP contribution is -2.48. The largest absolute Gasteiger partial charge is 0.336 e. The third kappa shape index (κ3) is 6.94. The second kappa shape index (κ2) is 17.1. The number of nitrogens with zero attached hydrogens (tertiary/aromatic N) is 9. The Labute approximate surface area is 436 Å². The zero-order valence-electron chi connectivity index (χ0n) is 44.4. The average Bonchev–Trinajstić information content (AvgIpc) is 4.11. The van der Waals surface area contributed by atoms with Crippen molar-refractivity contribution in [2.45, 2.75) is 137 Å². The molecule has 12 heterocycles. The van der Waals surface area contributed by atoms with Gasteiger partial charge in [0.25, 0.3) is 0 Å². The van der Waals surface area contributed by atoms with Gasteiger partial charge < -0.3 is 18.6 Å². The van der Waals surface area contributed by atoms with Crippen LogP contribution in [-0.4, -0.2) is 65.1 Å². The van der Waals surface area contributed by atoms with Crippen LogP contribution in [0.1, 0.15) is 133 Å². The van der Waals surface area contributed by atoms with E-state index in [2.05, 4.69) is 165 Å². The number of hydrogen-bond donors (Lipinski definition) is 0. The molecular formula is C65H70N9+. The average molecular weight is 977 g/mol. The molecule has 9 heteroatoms. The molecule has 374 valence electrons. The minimum Gasteiger partial charge on any atom is -0.336 e. The predicted molar refractivity (Wildman–Crippen MR) is 296 cm³/mol. The number of likely N-dealkylation sites (N-methyl/N-ethyl adjacent to an activating group) is 1. The quantitative estimate of drug-likeness (QED) is 0.149. The number of rotatable bonds is 7. The highest BCUT2D eigenvalue weighted by Crippen LogP contribution is 2.47. The van der Waals surface area contributed by atoms with Gasteiger partial charge in [0.05, 0.1) is 34.7 Å². The van der Waals surface area contributed by atoms with Gasteiger partial charge in [-0.3, -0.25) is 14.9 Å². The lowest BCUT2D eigenvalue weighted by Gasteiger charge is -2.35. The Morgan fingerprint density at radius 2 is 1.15 bits per heavy atom. The van der Waals surface area contributed by atoms with Gasteiger partial charge in [0, 0.05) is 142 Å². The van der Waals surface area contributed by atoms with Crippen molar-refractivity contribution in [2.24, 2.45) is 5.92 Å². The van der Waals surface area contributed by atoms with Crippen LogP contribution in [0, 0.1) is 33.6 Å². The van der Waals surface area contributed by atoms with Gasteiger partial charge >= 0.3 is 0 Å². The van der Waals surface area contributed by atoms with E-state index in [1.807, 2.05) is 12.4 Å². The summed E-state index contributed by atoms with van der Waals surface area (Å²) in [6.45, 7) is 19.6. The lowest BCUT2D eigenvalue weighted by atomic mass is 9.85. The van der Waals surface area contributed by atoms with Crippen LogP contribution >= 0.6 is 0 Å². The van der Waals surface area contributed by atoms with Crippen molar-refractivity contribution < 1.29 is 4.57 Å². The Hall–Kier alpha value is -6.39. The molecule has 4 atom stereocenters. The minimum absolute atomic E-state index is 0.308. The molecule has 6 aromatic heterocycles. The number of aryl methyl sites for hydroxylation is 6. The van der Waals surface area contributed by atoms with Crippen molar-refractivity contribution >= 4 is 32.7 Å². The molecule has 15 rings (SSSR count). The Balaban J connectivity index is 0.733. The third-order valence-corrected chi connectivity index (χ3v) is 19.0. The molecule has 0 radical (unpaired) electrons. The normalized spacial score (nSPS) is 21.6. The zero-order chi connectivity index (χ0) is 49.7. The maximum absolute atomic E-state index is 4.83. The second-order valence-electron chi connectivity index (χ2n) is 23.9. The van der Waals surface area contributed by atoms with Crippen LogP contribution in [0.4, 0.5) is 0 Å². The maximum Gasteiger partial charge on any atom is 0.205 e. The van der Waals surface area contributed by atoms with Crippen molar-refractivity contribution in [2.75, 3.05) is 26.7 Å². The number of aromatic nitrogens is 6. The van der Waals surface area contributed by atoms with Gasteiger partial charge in [-0.25, -0.2) is 4.90 Å². The first kappa shape index (κ1) is 45.0. The minimum atomic E-state index is 0.308. The molecule has 0 bridgehead atoms. The van der Waals surface area contributed by atoms with Crippen LogP contribution in [-0.2, 0) is 71.4 Å². The van der Waals surface area contributed by atoms with Crippen LogP contribution in [0.5, 0.6) is 0 Å². The maximum atomic E-state index is 4.83. The van der Waals surface area contributed by atoms with E-state index in [-0.39, 0.29) is 0 Å². The van der Waals surface area contributed by atoms with Gasteiger partial charge in [0.2, 0.25) is 6.67 Å². The molecule has 9 aromatic rings. The van der Waals surface area contributed by atoms with Crippen LogP contribution in [0.3, 0.4) is 0 Å². The summed E-state index contributed by atoms with van der Waals surface area (Å²) in [6, 6.07) is 27.6. The molecule has 0 N–H and O–H groups in total. The Morgan fingerprint density at radius 3 is 1.86 bits per heavy atom. The molecule has 0 aliphatic carbocycles. The number of hydrogen-bond acceptors (Lipinski definition) is 5. The van der Waals surface area contributed by atoms with E-state index in [9.17, 15) is 0 Å². The standard InChI is InChI=1S/C65H70N9/c1-39-26-46-10-12-58(73-59-16-22-68(6)35-54(59)51(28-39)64(46)73)50-15-21-67-32-49(50)33-69-23-17-60-55(36-69)52-29-40(2)25-45-9-11-57(72(60)63(45)52)47-8-7-43(5)71(34-47)38-70-24-18-61-56(37-70)53-30-41(3)27-48-31-42(4)62(74(61)65(48)53)44-13-19-66-20-14-44/h7-8,13-15,19-21,25-30,32,34,42,57-58,62H,9-12,16-18,22-24,31,33,35-38H2,1-6H3/q+1. The molecule has 0 fully saturated rings. The summed E-state index contributed by atoms with van der Waals surface area (Å²) in [7, 11) is 2.28. The highest BCUT2D eigenvalue weighted by molar-refractivity contribution is 5.92. The van der Waals surface area contributed by atoms with E-state index < -0.39 is 0 Å². The first-order chi connectivity index (χ1) is 36.1. The van der Waals surface area contributed by atoms with Crippen molar-refractivity contribution in [1.82, 2.24) is 38.4 Å². The molecule has 3 aromatic carbocycles. The molecule has 6 aliphatic heterocycles. The van der Waals surface area contributed by atoms with Gasteiger partial charge in [0.1, 0.15) is 0 Å². The predicted octanol–water partition coefficient (Wildman–Crippen LogP) is 11.3.